The maximum atomic E-state index is 12.0. The molecule has 1 N–H and O–H groups in total. The molecule has 3 heteroatoms. The van der Waals surface area contributed by atoms with Crippen LogP contribution in [0.2, 0.25) is 0 Å². The first-order valence-electron chi connectivity index (χ1n) is 7.04. The normalized spacial score (nSPS) is 12.3. The van der Waals surface area contributed by atoms with E-state index in [9.17, 15) is 4.79 Å². The zero-order chi connectivity index (χ0) is 14.3. The second-order valence-electron chi connectivity index (χ2n) is 5.30. The van der Waals surface area contributed by atoms with E-state index in [2.05, 4.69) is 19.2 Å². The van der Waals surface area contributed by atoms with Crippen LogP contribution in [0.5, 0.6) is 5.75 Å². The average Bonchev–Trinajstić information content (AvgIpc) is 2.37. The largest absolute Gasteiger partial charge is 0.481 e. The Hall–Kier alpha value is -1.51. The molecule has 1 amide bonds. The maximum absolute atomic E-state index is 12.0. The van der Waals surface area contributed by atoms with Crippen LogP contribution >= 0.6 is 0 Å². The Morgan fingerprint density at radius 2 is 1.89 bits per heavy atom. The van der Waals surface area contributed by atoms with Gasteiger partial charge >= 0.3 is 0 Å². The second kappa shape index (κ2) is 7.82. The van der Waals surface area contributed by atoms with Crippen LogP contribution in [0, 0.1) is 12.8 Å². The highest BCUT2D eigenvalue weighted by atomic mass is 16.5. The van der Waals surface area contributed by atoms with Gasteiger partial charge in [-0.2, -0.15) is 0 Å². The van der Waals surface area contributed by atoms with E-state index < -0.39 is 6.10 Å². The Balaban J connectivity index is 2.48. The van der Waals surface area contributed by atoms with E-state index >= 15 is 0 Å². The van der Waals surface area contributed by atoms with Gasteiger partial charge in [0.05, 0.1) is 0 Å². The summed E-state index contributed by atoms with van der Waals surface area (Å²) in [6.45, 7) is 8.99. The van der Waals surface area contributed by atoms with Crippen molar-refractivity contribution in [3.05, 3.63) is 29.8 Å². The molecule has 106 valence electrons. The number of carbonyl (C=O) groups is 1. The summed E-state index contributed by atoms with van der Waals surface area (Å²) in [6, 6.07) is 7.77. The minimum atomic E-state index is -0.408. The number of ether oxygens (including phenoxy) is 1. The van der Waals surface area contributed by atoms with Crippen molar-refractivity contribution in [2.75, 3.05) is 6.54 Å². The minimum absolute atomic E-state index is 0.0243. The topological polar surface area (TPSA) is 38.3 Å². The molecule has 0 saturated carbocycles. The Morgan fingerprint density at radius 3 is 2.42 bits per heavy atom. The molecule has 0 radical (unpaired) electrons. The summed E-state index contributed by atoms with van der Waals surface area (Å²) in [5.41, 5.74) is 1.18. The van der Waals surface area contributed by atoms with E-state index in [1.54, 1.807) is 0 Å². The van der Waals surface area contributed by atoms with Crippen LogP contribution in [0.1, 0.15) is 39.2 Å². The Labute approximate surface area is 116 Å². The zero-order valence-corrected chi connectivity index (χ0v) is 12.4. The number of rotatable bonds is 7. The Bertz CT molecular complexity index is 384. The number of amides is 1. The lowest BCUT2D eigenvalue weighted by Gasteiger charge is -2.17. The highest BCUT2D eigenvalue weighted by molar-refractivity contribution is 5.81. The first kappa shape index (κ1) is 15.5. The average molecular weight is 263 g/mol. The van der Waals surface area contributed by atoms with Crippen molar-refractivity contribution in [3.8, 4) is 5.75 Å². The molecule has 0 bridgehead atoms. The molecule has 0 aliphatic carbocycles. The van der Waals surface area contributed by atoms with Crippen molar-refractivity contribution in [2.45, 2.75) is 46.6 Å². The summed E-state index contributed by atoms with van der Waals surface area (Å²) in [6.07, 6.45) is 1.25. The summed E-state index contributed by atoms with van der Waals surface area (Å²) in [7, 11) is 0. The number of carbonyl (C=O) groups excluding carboxylic acids is 1. The van der Waals surface area contributed by atoms with E-state index in [0.29, 0.717) is 18.9 Å². The summed E-state index contributed by atoms with van der Waals surface area (Å²) >= 11 is 0. The molecular weight excluding hydrogens is 238 g/mol. The zero-order valence-electron chi connectivity index (χ0n) is 12.4. The van der Waals surface area contributed by atoms with Gasteiger partial charge in [-0.15, -0.1) is 0 Å². The summed E-state index contributed by atoms with van der Waals surface area (Å²) < 4.78 is 5.73. The molecule has 1 atom stereocenters. The highest BCUT2D eigenvalue weighted by Gasteiger charge is 2.17. The predicted molar refractivity (Wildman–Crippen MR) is 78.4 cm³/mol. The third-order valence-corrected chi connectivity index (χ3v) is 2.98. The molecule has 0 aliphatic heterocycles. The molecule has 0 aromatic heterocycles. The molecule has 1 aromatic carbocycles. The van der Waals surface area contributed by atoms with Crippen LogP contribution in [0.15, 0.2) is 24.3 Å². The SMILES string of the molecule is CC[C@H](Oc1ccc(C)cc1)C(=O)NCCC(C)C. The fourth-order valence-corrected chi connectivity index (χ4v) is 1.70. The fourth-order valence-electron chi connectivity index (χ4n) is 1.70. The van der Waals surface area contributed by atoms with Crippen molar-refractivity contribution in [3.63, 3.8) is 0 Å². The van der Waals surface area contributed by atoms with Gasteiger partial charge in [0, 0.05) is 6.54 Å². The van der Waals surface area contributed by atoms with Gasteiger partial charge in [0.15, 0.2) is 6.10 Å². The smallest absolute Gasteiger partial charge is 0.261 e. The van der Waals surface area contributed by atoms with E-state index in [4.69, 9.17) is 4.74 Å². The van der Waals surface area contributed by atoms with Crippen molar-refractivity contribution in [1.82, 2.24) is 5.32 Å². The standard InChI is InChI=1S/C16H25NO2/c1-5-15(16(18)17-11-10-12(2)3)19-14-8-6-13(4)7-9-14/h6-9,12,15H,5,10-11H2,1-4H3,(H,17,18)/t15-/m0/s1. The van der Waals surface area contributed by atoms with Crippen molar-refractivity contribution in [2.24, 2.45) is 5.92 Å². The number of benzene rings is 1. The lowest BCUT2D eigenvalue weighted by atomic mass is 10.1. The number of hydrogen-bond acceptors (Lipinski definition) is 2. The molecule has 0 unspecified atom stereocenters. The highest BCUT2D eigenvalue weighted by Crippen LogP contribution is 2.14. The van der Waals surface area contributed by atoms with E-state index in [1.807, 2.05) is 38.1 Å². The van der Waals surface area contributed by atoms with Gasteiger partial charge in [-0.1, -0.05) is 38.5 Å². The number of aryl methyl sites for hydroxylation is 1. The van der Waals surface area contributed by atoms with E-state index in [0.717, 1.165) is 12.2 Å². The summed E-state index contributed by atoms with van der Waals surface area (Å²) in [5.74, 6) is 1.32. The van der Waals surface area contributed by atoms with Crippen LogP contribution in [0.3, 0.4) is 0 Å². The predicted octanol–water partition coefficient (Wildman–Crippen LogP) is 3.31. The molecule has 0 aliphatic rings. The van der Waals surface area contributed by atoms with Crippen LogP contribution in [0.25, 0.3) is 0 Å². The lowest BCUT2D eigenvalue weighted by Crippen LogP contribution is -2.38. The fraction of sp³-hybridized carbons (Fsp3) is 0.562. The molecule has 1 aromatic rings. The van der Waals surface area contributed by atoms with Crippen LogP contribution in [-0.4, -0.2) is 18.6 Å². The first-order chi connectivity index (χ1) is 9.02. The van der Waals surface area contributed by atoms with E-state index in [-0.39, 0.29) is 5.91 Å². The summed E-state index contributed by atoms with van der Waals surface area (Å²) in [5, 5.41) is 2.93. The van der Waals surface area contributed by atoms with Crippen molar-refractivity contribution >= 4 is 5.91 Å². The monoisotopic (exact) mass is 263 g/mol. The van der Waals surface area contributed by atoms with Gasteiger partial charge in [-0.3, -0.25) is 4.79 Å². The van der Waals surface area contributed by atoms with Crippen LogP contribution in [0.4, 0.5) is 0 Å². The molecule has 0 saturated heterocycles. The van der Waals surface area contributed by atoms with Crippen LogP contribution < -0.4 is 10.1 Å². The lowest BCUT2D eigenvalue weighted by molar-refractivity contribution is -0.128. The van der Waals surface area contributed by atoms with Gasteiger partial charge in [-0.25, -0.2) is 0 Å². The van der Waals surface area contributed by atoms with Crippen molar-refractivity contribution < 1.29 is 9.53 Å². The molecule has 1 rings (SSSR count). The first-order valence-corrected chi connectivity index (χ1v) is 7.04. The third kappa shape index (κ3) is 5.77. The van der Waals surface area contributed by atoms with E-state index in [1.165, 1.54) is 5.56 Å². The van der Waals surface area contributed by atoms with Crippen LogP contribution in [-0.2, 0) is 4.79 Å². The molecule has 0 fully saturated rings. The quantitative estimate of drug-likeness (QED) is 0.819. The molecule has 0 heterocycles. The third-order valence-electron chi connectivity index (χ3n) is 2.98. The molecule has 19 heavy (non-hydrogen) atoms. The molecular formula is C16H25NO2. The van der Waals surface area contributed by atoms with Crippen molar-refractivity contribution in [1.29, 1.82) is 0 Å². The Kier molecular flexibility index (Phi) is 6.40. The number of nitrogens with one attached hydrogen (secondary N) is 1. The van der Waals surface area contributed by atoms with Gasteiger partial charge in [0.25, 0.3) is 5.91 Å². The van der Waals surface area contributed by atoms with Gasteiger partial charge in [0.2, 0.25) is 0 Å². The minimum Gasteiger partial charge on any atom is -0.481 e. The molecule has 3 nitrogen and oxygen atoms in total. The van der Waals surface area contributed by atoms with Gasteiger partial charge in [-0.05, 0) is 37.8 Å². The summed E-state index contributed by atoms with van der Waals surface area (Å²) in [4.78, 5) is 12.0. The maximum Gasteiger partial charge on any atom is 0.261 e. The molecule has 0 spiro atoms. The Morgan fingerprint density at radius 1 is 1.26 bits per heavy atom. The number of hydrogen-bond donors (Lipinski definition) is 1. The van der Waals surface area contributed by atoms with Gasteiger partial charge in [0.1, 0.15) is 5.75 Å². The second-order valence-corrected chi connectivity index (χ2v) is 5.30. The van der Waals surface area contributed by atoms with Gasteiger partial charge < -0.3 is 10.1 Å².